The Kier molecular flexibility index (Phi) is 5.60. The summed E-state index contributed by atoms with van der Waals surface area (Å²) >= 11 is 0. The highest BCUT2D eigenvalue weighted by Gasteiger charge is 2.20. The van der Waals surface area contributed by atoms with Crippen molar-refractivity contribution in [2.24, 2.45) is 0 Å². The molecule has 0 radical (unpaired) electrons. The highest BCUT2D eigenvalue weighted by Crippen LogP contribution is 2.24. The first-order chi connectivity index (χ1) is 13.3. The predicted octanol–water partition coefficient (Wildman–Crippen LogP) is 3.41. The van der Waals surface area contributed by atoms with Crippen molar-refractivity contribution in [2.75, 3.05) is 5.32 Å². The van der Waals surface area contributed by atoms with Crippen molar-refractivity contribution in [3.63, 3.8) is 0 Å². The van der Waals surface area contributed by atoms with Gasteiger partial charge in [0.1, 0.15) is 0 Å². The quantitative estimate of drug-likeness (QED) is 0.681. The zero-order valence-electron chi connectivity index (χ0n) is 15.8. The summed E-state index contributed by atoms with van der Waals surface area (Å²) in [6.45, 7) is 5.20. The van der Waals surface area contributed by atoms with Crippen LogP contribution in [0.4, 0.5) is 6.01 Å². The molecule has 0 saturated heterocycles. The number of rotatable bonds is 6. The van der Waals surface area contributed by atoms with Crippen LogP contribution < -0.4 is 5.32 Å². The van der Waals surface area contributed by atoms with Crippen LogP contribution in [0, 0.1) is 6.92 Å². The summed E-state index contributed by atoms with van der Waals surface area (Å²) in [6, 6.07) is 13.9. The second-order valence-electron chi connectivity index (χ2n) is 6.75. The number of benzene rings is 2. The molecule has 0 aliphatic rings. The smallest absolute Gasteiger partial charge is 0.322 e. The summed E-state index contributed by atoms with van der Waals surface area (Å²) in [5, 5.41) is 9.75. The van der Waals surface area contributed by atoms with Gasteiger partial charge in [0, 0.05) is 5.56 Å². The van der Waals surface area contributed by atoms with E-state index in [9.17, 15) is 13.2 Å². The van der Waals surface area contributed by atoms with Crippen molar-refractivity contribution in [3.05, 3.63) is 59.7 Å². The molecule has 0 unspecified atom stereocenters. The molecule has 1 amide bonds. The van der Waals surface area contributed by atoms with Crippen LogP contribution in [0.25, 0.3) is 11.5 Å². The molecule has 7 nitrogen and oxygen atoms in total. The van der Waals surface area contributed by atoms with Crippen LogP contribution in [0.15, 0.2) is 57.8 Å². The first kappa shape index (κ1) is 19.8. The summed E-state index contributed by atoms with van der Waals surface area (Å²) in [4.78, 5) is 12.4. The molecule has 0 saturated carbocycles. The summed E-state index contributed by atoms with van der Waals surface area (Å²) in [5.74, 6) is -0.149. The number of aromatic nitrogens is 2. The zero-order chi connectivity index (χ0) is 20.3. The topological polar surface area (TPSA) is 102 Å². The van der Waals surface area contributed by atoms with Gasteiger partial charge < -0.3 is 4.42 Å². The Morgan fingerprint density at radius 2 is 1.86 bits per heavy atom. The number of carbonyl (C=O) groups is 1. The molecule has 1 aromatic heterocycles. The number of hydrogen-bond acceptors (Lipinski definition) is 6. The predicted molar refractivity (Wildman–Crippen MR) is 106 cm³/mol. The second kappa shape index (κ2) is 7.93. The van der Waals surface area contributed by atoms with Crippen LogP contribution in [-0.2, 0) is 21.1 Å². The maximum Gasteiger partial charge on any atom is 0.322 e. The summed E-state index contributed by atoms with van der Waals surface area (Å²) < 4.78 is 30.2. The van der Waals surface area contributed by atoms with Crippen LogP contribution >= 0.6 is 0 Å². The number of aryl methyl sites for hydroxylation is 1. The van der Waals surface area contributed by atoms with E-state index >= 15 is 0 Å². The zero-order valence-corrected chi connectivity index (χ0v) is 16.7. The van der Waals surface area contributed by atoms with Crippen molar-refractivity contribution in [1.29, 1.82) is 0 Å². The molecule has 146 valence electrons. The van der Waals surface area contributed by atoms with Gasteiger partial charge in [0.05, 0.1) is 16.6 Å². The van der Waals surface area contributed by atoms with Crippen LogP contribution in [-0.4, -0.2) is 29.8 Å². The summed E-state index contributed by atoms with van der Waals surface area (Å²) in [7, 11) is -3.42. The molecule has 2 aromatic carbocycles. The van der Waals surface area contributed by atoms with Crippen LogP contribution in [0.2, 0.25) is 0 Å². The van der Waals surface area contributed by atoms with Crippen molar-refractivity contribution < 1.29 is 17.6 Å². The fraction of sp³-hybridized carbons (Fsp3) is 0.250. The highest BCUT2D eigenvalue weighted by molar-refractivity contribution is 7.92. The number of nitrogens with one attached hydrogen (secondary N) is 1. The van der Waals surface area contributed by atoms with Crippen molar-refractivity contribution in [2.45, 2.75) is 37.3 Å². The van der Waals surface area contributed by atoms with Gasteiger partial charge in [0.15, 0.2) is 9.84 Å². The Morgan fingerprint density at radius 1 is 1.11 bits per heavy atom. The first-order valence-corrected chi connectivity index (χ1v) is 10.3. The molecule has 1 N–H and O–H groups in total. The van der Waals surface area contributed by atoms with Crippen molar-refractivity contribution in [1.82, 2.24) is 10.2 Å². The molecule has 8 heteroatoms. The molecule has 0 aliphatic heterocycles. The van der Waals surface area contributed by atoms with E-state index in [1.807, 2.05) is 31.2 Å². The molecule has 0 bridgehead atoms. The van der Waals surface area contributed by atoms with E-state index < -0.39 is 15.1 Å². The minimum absolute atomic E-state index is 0.0372. The highest BCUT2D eigenvalue weighted by atomic mass is 32.2. The van der Waals surface area contributed by atoms with E-state index in [-0.39, 0.29) is 29.1 Å². The van der Waals surface area contributed by atoms with Crippen LogP contribution in [0.3, 0.4) is 0 Å². The lowest BCUT2D eigenvalue weighted by Crippen LogP contribution is -2.14. The molecule has 0 fully saturated rings. The van der Waals surface area contributed by atoms with Gasteiger partial charge in [-0.15, -0.1) is 5.10 Å². The molecule has 0 aliphatic carbocycles. The van der Waals surface area contributed by atoms with E-state index in [0.29, 0.717) is 5.56 Å². The lowest BCUT2D eigenvalue weighted by Gasteiger charge is -2.08. The summed E-state index contributed by atoms with van der Waals surface area (Å²) in [5.41, 5.74) is 2.42. The Morgan fingerprint density at radius 3 is 2.57 bits per heavy atom. The largest absolute Gasteiger partial charge is 0.403 e. The van der Waals surface area contributed by atoms with Crippen molar-refractivity contribution >= 4 is 21.8 Å². The molecule has 3 aromatic rings. The number of sulfone groups is 1. The summed E-state index contributed by atoms with van der Waals surface area (Å²) in [6.07, 6.45) is 0.182. The number of anilines is 1. The Hall–Kier alpha value is -3.00. The third-order valence-electron chi connectivity index (χ3n) is 4.15. The van der Waals surface area contributed by atoms with Gasteiger partial charge in [-0.1, -0.05) is 41.0 Å². The molecule has 0 atom stereocenters. The average Bonchev–Trinajstić information content (AvgIpc) is 3.10. The molecule has 1 heterocycles. The minimum atomic E-state index is -3.42. The van der Waals surface area contributed by atoms with E-state index in [4.69, 9.17) is 4.42 Å². The molecule has 3 rings (SSSR count). The molecular formula is C20H21N3O4S. The number of nitrogens with zero attached hydrogens (tertiary/aromatic N) is 2. The maximum absolute atomic E-state index is 12.3. The molecular weight excluding hydrogens is 378 g/mol. The number of amides is 1. The van der Waals surface area contributed by atoms with Crippen molar-refractivity contribution in [3.8, 4) is 11.5 Å². The molecule has 28 heavy (non-hydrogen) atoms. The third-order valence-corrected chi connectivity index (χ3v) is 6.30. The monoisotopic (exact) mass is 399 g/mol. The van der Waals surface area contributed by atoms with Gasteiger partial charge in [-0.25, -0.2) is 8.42 Å². The Balaban J connectivity index is 1.75. The first-order valence-electron chi connectivity index (χ1n) is 8.79. The number of carbonyl (C=O) groups excluding carboxylic acids is 1. The lowest BCUT2D eigenvalue weighted by atomic mass is 10.1. The van der Waals surface area contributed by atoms with Crippen LogP contribution in [0.1, 0.15) is 25.0 Å². The Bertz CT molecular complexity index is 1100. The van der Waals surface area contributed by atoms with Gasteiger partial charge in [0.2, 0.25) is 11.8 Å². The minimum Gasteiger partial charge on any atom is -0.403 e. The normalized spacial score (nSPS) is 11.6. The third kappa shape index (κ3) is 4.45. The van der Waals surface area contributed by atoms with Gasteiger partial charge >= 0.3 is 6.01 Å². The Labute approximate surface area is 163 Å². The SMILES string of the molecule is Cc1cccc(CC(=O)Nc2nnc(-c3cccc(S(=O)(=O)C(C)C)c3)o2)c1. The van der Waals surface area contributed by atoms with Gasteiger partial charge in [0.25, 0.3) is 0 Å². The standard InChI is InChI=1S/C20H21N3O4S/c1-13(2)28(25,26)17-9-5-8-16(12-17)19-22-23-20(27-19)21-18(24)11-15-7-4-6-14(3)10-15/h4-10,12-13H,11H2,1-3H3,(H,21,23,24). The van der Waals surface area contributed by atoms with E-state index in [1.54, 1.807) is 26.0 Å². The van der Waals surface area contributed by atoms with Gasteiger partial charge in [-0.3, -0.25) is 10.1 Å². The van der Waals surface area contributed by atoms with E-state index in [2.05, 4.69) is 15.5 Å². The van der Waals surface area contributed by atoms with Gasteiger partial charge in [-0.05, 0) is 44.5 Å². The average molecular weight is 399 g/mol. The van der Waals surface area contributed by atoms with Crippen LogP contribution in [0.5, 0.6) is 0 Å². The van der Waals surface area contributed by atoms with Gasteiger partial charge in [-0.2, -0.15) is 0 Å². The maximum atomic E-state index is 12.3. The fourth-order valence-electron chi connectivity index (χ4n) is 2.64. The number of hydrogen-bond donors (Lipinski definition) is 1. The molecule has 0 spiro atoms. The lowest BCUT2D eigenvalue weighted by molar-refractivity contribution is -0.115. The second-order valence-corrected chi connectivity index (χ2v) is 9.25. The van der Waals surface area contributed by atoms with E-state index in [1.165, 1.54) is 12.1 Å². The fourth-order valence-corrected chi connectivity index (χ4v) is 3.74. The van der Waals surface area contributed by atoms with E-state index in [0.717, 1.165) is 11.1 Å².